The third-order valence-corrected chi connectivity index (χ3v) is 1.99. The van der Waals surface area contributed by atoms with E-state index in [0.717, 1.165) is 5.69 Å². The number of carbonyl (C=O) groups is 1. The van der Waals surface area contributed by atoms with Gasteiger partial charge in [0, 0.05) is 18.8 Å². The van der Waals surface area contributed by atoms with Crippen LogP contribution in [0.25, 0.3) is 0 Å². The van der Waals surface area contributed by atoms with Crippen LogP contribution in [-0.4, -0.2) is 21.3 Å². The number of ketones is 1. The van der Waals surface area contributed by atoms with Crippen molar-refractivity contribution in [2.75, 3.05) is 0 Å². The van der Waals surface area contributed by atoms with E-state index in [-0.39, 0.29) is 5.78 Å². The van der Waals surface area contributed by atoms with Crippen LogP contribution in [0.4, 0.5) is 0 Å². The minimum absolute atomic E-state index is 0.0945. The molecular weight excluding hydrogens is 154 g/mol. The zero-order chi connectivity index (χ0) is 9.19. The van der Waals surface area contributed by atoms with E-state index in [9.17, 15) is 4.79 Å². The Bertz CT molecular complexity index is 264. The van der Waals surface area contributed by atoms with Crippen LogP contribution in [0, 0.1) is 0 Å². The summed E-state index contributed by atoms with van der Waals surface area (Å²) in [7, 11) is 0. The van der Waals surface area contributed by atoms with Gasteiger partial charge in [0.2, 0.25) is 0 Å². The van der Waals surface area contributed by atoms with Crippen LogP contribution < -0.4 is 5.73 Å². The van der Waals surface area contributed by atoms with E-state index < -0.39 is 5.54 Å². The van der Waals surface area contributed by atoms with E-state index in [2.05, 4.69) is 15.7 Å². The summed E-state index contributed by atoms with van der Waals surface area (Å²) >= 11 is 0. The van der Waals surface area contributed by atoms with Gasteiger partial charge < -0.3 is 10.7 Å². The topological polar surface area (TPSA) is 73.4 Å². The highest BCUT2D eigenvalue weighted by molar-refractivity contribution is 5.83. The molecule has 0 aromatic carbocycles. The van der Waals surface area contributed by atoms with Crippen LogP contribution in [0.5, 0.6) is 0 Å². The van der Waals surface area contributed by atoms with E-state index in [1.54, 1.807) is 19.4 Å². The van der Waals surface area contributed by atoms with Crippen LogP contribution >= 0.6 is 0 Å². The van der Waals surface area contributed by atoms with Crippen molar-refractivity contribution in [1.29, 1.82) is 0 Å². The molecule has 4 heteroatoms. The van der Waals surface area contributed by atoms with Crippen molar-refractivity contribution in [2.24, 2.45) is 0 Å². The smallest absolute Gasteiger partial charge is 0.189 e. The number of hydrogen-bond acceptors (Lipinski definition) is 2. The molecule has 1 aromatic heterocycles. The number of quaternary nitrogens is 1. The summed E-state index contributed by atoms with van der Waals surface area (Å²) in [4.78, 5) is 17.9. The van der Waals surface area contributed by atoms with E-state index >= 15 is 0 Å². The SMILES string of the molecule is CC(=O)C(C)([NH3+])Cc1cnc[nH]1. The molecule has 0 amide bonds. The molecular formula is C8H14N3O+. The Morgan fingerprint density at radius 1 is 1.83 bits per heavy atom. The Morgan fingerprint density at radius 3 is 2.92 bits per heavy atom. The van der Waals surface area contributed by atoms with Crippen molar-refractivity contribution in [3.63, 3.8) is 0 Å². The number of imidazole rings is 1. The molecule has 1 aromatic rings. The highest BCUT2D eigenvalue weighted by Crippen LogP contribution is 2.06. The lowest BCUT2D eigenvalue weighted by Crippen LogP contribution is -2.75. The molecule has 66 valence electrons. The van der Waals surface area contributed by atoms with Gasteiger partial charge in [-0.1, -0.05) is 0 Å². The minimum atomic E-state index is -0.535. The number of rotatable bonds is 3. The quantitative estimate of drug-likeness (QED) is 0.641. The van der Waals surface area contributed by atoms with E-state index in [1.807, 2.05) is 6.92 Å². The minimum Gasteiger partial charge on any atom is -0.348 e. The molecule has 0 radical (unpaired) electrons. The fraction of sp³-hybridized carbons (Fsp3) is 0.500. The fourth-order valence-corrected chi connectivity index (χ4v) is 0.926. The van der Waals surface area contributed by atoms with Crippen LogP contribution in [0.1, 0.15) is 19.5 Å². The molecule has 4 N–H and O–H groups in total. The maximum atomic E-state index is 11.1. The van der Waals surface area contributed by atoms with Gasteiger partial charge in [-0.15, -0.1) is 0 Å². The lowest BCUT2D eigenvalue weighted by atomic mass is 9.93. The first-order valence-corrected chi connectivity index (χ1v) is 3.86. The second-order valence-corrected chi connectivity index (χ2v) is 3.37. The Hall–Kier alpha value is -1.16. The molecule has 1 unspecified atom stereocenters. The van der Waals surface area contributed by atoms with Crippen LogP contribution in [0.3, 0.4) is 0 Å². The molecule has 12 heavy (non-hydrogen) atoms. The van der Waals surface area contributed by atoms with E-state index in [4.69, 9.17) is 0 Å². The summed E-state index contributed by atoms with van der Waals surface area (Å²) in [6.45, 7) is 3.39. The molecule has 1 atom stereocenters. The lowest BCUT2D eigenvalue weighted by Gasteiger charge is -2.15. The van der Waals surface area contributed by atoms with Crippen LogP contribution in [-0.2, 0) is 11.2 Å². The second-order valence-electron chi connectivity index (χ2n) is 3.37. The predicted octanol–water partition coefficient (Wildman–Crippen LogP) is -0.458. The molecule has 0 saturated heterocycles. The van der Waals surface area contributed by atoms with Crippen LogP contribution in [0.15, 0.2) is 12.5 Å². The first-order valence-electron chi connectivity index (χ1n) is 3.86. The van der Waals surface area contributed by atoms with Crippen molar-refractivity contribution < 1.29 is 10.5 Å². The summed E-state index contributed by atoms with van der Waals surface area (Å²) < 4.78 is 0. The monoisotopic (exact) mass is 168 g/mol. The van der Waals surface area contributed by atoms with Crippen molar-refractivity contribution in [1.82, 2.24) is 9.97 Å². The highest BCUT2D eigenvalue weighted by Gasteiger charge is 2.29. The number of aromatic nitrogens is 2. The molecule has 0 saturated carbocycles. The van der Waals surface area contributed by atoms with Crippen molar-refractivity contribution >= 4 is 5.78 Å². The normalized spacial score (nSPS) is 15.6. The number of nitrogens with one attached hydrogen (secondary N) is 1. The average molecular weight is 168 g/mol. The molecule has 0 spiro atoms. The number of aromatic amines is 1. The molecule has 0 fully saturated rings. The molecule has 4 nitrogen and oxygen atoms in total. The van der Waals surface area contributed by atoms with Crippen molar-refractivity contribution in [3.8, 4) is 0 Å². The summed E-state index contributed by atoms with van der Waals surface area (Å²) in [5, 5.41) is 0. The number of carbonyl (C=O) groups excluding carboxylic acids is 1. The highest BCUT2D eigenvalue weighted by atomic mass is 16.1. The zero-order valence-electron chi connectivity index (χ0n) is 7.42. The molecule has 1 heterocycles. The molecule has 0 aliphatic rings. The van der Waals surface area contributed by atoms with Gasteiger partial charge in [-0.3, -0.25) is 4.79 Å². The van der Waals surface area contributed by atoms with Crippen molar-refractivity contribution in [2.45, 2.75) is 25.8 Å². The van der Waals surface area contributed by atoms with Gasteiger partial charge in [0.05, 0.1) is 12.7 Å². The summed E-state index contributed by atoms with van der Waals surface area (Å²) in [5.41, 5.74) is 4.26. The average Bonchev–Trinajstić information content (AvgIpc) is 2.38. The van der Waals surface area contributed by atoms with Gasteiger partial charge >= 0.3 is 0 Å². The number of hydrogen-bond donors (Lipinski definition) is 2. The van der Waals surface area contributed by atoms with Gasteiger partial charge in [0.1, 0.15) is 0 Å². The molecule has 0 aliphatic carbocycles. The van der Waals surface area contributed by atoms with Gasteiger partial charge in [-0.05, 0) is 6.92 Å². The maximum absolute atomic E-state index is 11.1. The Balaban J connectivity index is 2.69. The zero-order valence-corrected chi connectivity index (χ0v) is 7.42. The molecule has 0 aliphatic heterocycles. The third kappa shape index (κ3) is 1.92. The molecule has 1 rings (SSSR count). The predicted molar refractivity (Wildman–Crippen MR) is 44.3 cm³/mol. The Kier molecular flexibility index (Phi) is 2.28. The van der Waals surface area contributed by atoms with Gasteiger partial charge in [0.25, 0.3) is 0 Å². The largest absolute Gasteiger partial charge is 0.348 e. The third-order valence-electron chi connectivity index (χ3n) is 1.99. The van der Waals surface area contributed by atoms with Gasteiger partial charge in [0.15, 0.2) is 11.3 Å². The lowest BCUT2D eigenvalue weighted by molar-refractivity contribution is -0.451. The van der Waals surface area contributed by atoms with E-state index in [1.165, 1.54) is 0 Å². The second kappa shape index (κ2) is 3.06. The number of nitrogens with zero attached hydrogens (tertiary/aromatic N) is 1. The standard InChI is InChI=1S/C8H13N3O/c1-6(12)8(2,9)3-7-4-10-5-11-7/h4-5H,3,9H2,1-2H3,(H,10,11)/p+1. The Labute approximate surface area is 71.2 Å². The number of Topliss-reactive ketones (excluding diaryl/α,β-unsaturated/α-hetero) is 1. The van der Waals surface area contributed by atoms with E-state index in [0.29, 0.717) is 6.42 Å². The fourth-order valence-electron chi connectivity index (χ4n) is 0.926. The summed E-state index contributed by atoms with van der Waals surface area (Å²) in [6.07, 6.45) is 3.93. The van der Waals surface area contributed by atoms with Gasteiger partial charge in [-0.25, -0.2) is 4.98 Å². The van der Waals surface area contributed by atoms with Crippen LogP contribution in [0.2, 0.25) is 0 Å². The summed E-state index contributed by atoms with van der Waals surface area (Å²) in [5.74, 6) is 0.0945. The first kappa shape index (κ1) is 8.93. The first-order chi connectivity index (χ1) is 5.52. The number of H-pyrrole nitrogens is 1. The Morgan fingerprint density at radius 2 is 2.50 bits per heavy atom. The summed E-state index contributed by atoms with van der Waals surface area (Å²) in [6, 6.07) is 0. The maximum Gasteiger partial charge on any atom is 0.189 e. The molecule has 0 bridgehead atoms. The van der Waals surface area contributed by atoms with Gasteiger partial charge in [-0.2, -0.15) is 0 Å². The van der Waals surface area contributed by atoms with Crippen molar-refractivity contribution in [3.05, 3.63) is 18.2 Å².